The Kier molecular flexibility index (Phi) is 3.80. The fraction of sp³-hybridized carbons (Fsp3) is 0.556. The van der Waals surface area contributed by atoms with E-state index in [-0.39, 0.29) is 6.04 Å². The van der Waals surface area contributed by atoms with E-state index in [1.54, 1.807) is 0 Å². The summed E-state index contributed by atoms with van der Waals surface area (Å²) in [6.45, 7) is 6.72. The molecule has 1 aromatic carbocycles. The van der Waals surface area contributed by atoms with Crippen LogP contribution >= 0.6 is 0 Å². The summed E-state index contributed by atoms with van der Waals surface area (Å²) in [4.78, 5) is 4.79. The number of nitrogens with zero attached hydrogens (tertiary/aromatic N) is 5. The number of piperazine rings is 1. The number of nitriles is 1. The molecule has 1 atom stereocenters. The van der Waals surface area contributed by atoms with Gasteiger partial charge in [0.15, 0.2) is 0 Å². The second-order valence-electron chi connectivity index (χ2n) is 6.63. The molecule has 2 fully saturated rings. The highest BCUT2D eigenvalue weighted by molar-refractivity contribution is 5.81. The molecule has 4 rings (SSSR count). The maximum Gasteiger partial charge on any atom is 0.111 e. The van der Waals surface area contributed by atoms with Gasteiger partial charge in [0, 0.05) is 44.2 Å². The van der Waals surface area contributed by atoms with Crippen molar-refractivity contribution in [3.05, 3.63) is 30.0 Å². The van der Waals surface area contributed by atoms with Gasteiger partial charge in [0.25, 0.3) is 0 Å². The summed E-state index contributed by atoms with van der Waals surface area (Å²) in [6.07, 6.45) is 2.54. The van der Waals surface area contributed by atoms with Crippen molar-refractivity contribution in [3.63, 3.8) is 0 Å². The van der Waals surface area contributed by atoms with E-state index in [0.717, 1.165) is 38.4 Å². The highest BCUT2D eigenvalue weighted by Gasteiger charge is 2.37. The third-order valence-electron chi connectivity index (χ3n) is 5.08. The van der Waals surface area contributed by atoms with Crippen LogP contribution in [0.3, 0.4) is 0 Å². The molecule has 2 aliphatic rings. The zero-order valence-electron chi connectivity index (χ0n) is 13.6. The highest BCUT2D eigenvalue weighted by Crippen LogP contribution is 2.30. The smallest absolute Gasteiger partial charge is 0.111 e. The van der Waals surface area contributed by atoms with Crippen LogP contribution in [0.25, 0.3) is 10.9 Å². The largest absolute Gasteiger partial charge is 0.294 e. The fourth-order valence-electron chi connectivity index (χ4n) is 3.72. The molecule has 1 aromatic heterocycles. The molecule has 1 unspecified atom stereocenters. The molecule has 120 valence electrons. The van der Waals surface area contributed by atoms with E-state index in [1.165, 1.54) is 23.7 Å². The summed E-state index contributed by atoms with van der Waals surface area (Å²) in [7, 11) is 0. The summed E-state index contributed by atoms with van der Waals surface area (Å²) in [5, 5.41) is 15.5. The van der Waals surface area contributed by atoms with E-state index in [0.29, 0.717) is 6.04 Å². The normalized spacial score (nSPS) is 23.2. The first-order valence-corrected chi connectivity index (χ1v) is 8.62. The lowest BCUT2D eigenvalue weighted by atomic mass is 10.1. The lowest BCUT2D eigenvalue weighted by Gasteiger charge is -2.38. The molecule has 0 bridgehead atoms. The Labute approximate surface area is 137 Å². The van der Waals surface area contributed by atoms with Crippen LogP contribution in [0.5, 0.6) is 0 Å². The first-order valence-electron chi connectivity index (χ1n) is 8.62. The van der Waals surface area contributed by atoms with Crippen LogP contribution in [0.1, 0.15) is 25.5 Å². The predicted octanol–water partition coefficient (Wildman–Crippen LogP) is 2.23. The SMILES string of the molecule is CCn1nc(CN2CCN(C3CC3)C(C#N)C2)c2ccccc21. The number of para-hydroxylation sites is 1. The summed E-state index contributed by atoms with van der Waals surface area (Å²) in [6, 6.07) is 11.7. The van der Waals surface area contributed by atoms with E-state index in [4.69, 9.17) is 5.10 Å². The van der Waals surface area contributed by atoms with Gasteiger partial charge in [0.05, 0.1) is 17.3 Å². The zero-order chi connectivity index (χ0) is 15.8. The van der Waals surface area contributed by atoms with Gasteiger partial charge < -0.3 is 0 Å². The lowest BCUT2D eigenvalue weighted by molar-refractivity contribution is 0.0891. The molecule has 1 aliphatic carbocycles. The Morgan fingerprint density at radius 2 is 2.09 bits per heavy atom. The first kappa shape index (κ1) is 14.7. The number of aryl methyl sites for hydroxylation is 1. The van der Waals surface area contributed by atoms with E-state index >= 15 is 0 Å². The molecule has 0 N–H and O–H groups in total. The van der Waals surface area contributed by atoms with Crippen molar-refractivity contribution in [2.45, 2.75) is 44.9 Å². The van der Waals surface area contributed by atoms with Gasteiger partial charge in [-0.15, -0.1) is 0 Å². The molecule has 0 spiro atoms. The third kappa shape index (κ3) is 2.73. The molecular weight excluding hydrogens is 286 g/mol. The summed E-state index contributed by atoms with van der Waals surface area (Å²) < 4.78 is 2.08. The fourth-order valence-corrected chi connectivity index (χ4v) is 3.72. The van der Waals surface area contributed by atoms with E-state index in [9.17, 15) is 5.26 Å². The van der Waals surface area contributed by atoms with Gasteiger partial charge in [-0.1, -0.05) is 18.2 Å². The topological polar surface area (TPSA) is 48.1 Å². The van der Waals surface area contributed by atoms with Gasteiger partial charge in [-0.25, -0.2) is 0 Å². The number of hydrogen-bond acceptors (Lipinski definition) is 4. The first-order chi connectivity index (χ1) is 11.3. The van der Waals surface area contributed by atoms with E-state index in [1.807, 2.05) is 0 Å². The average molecular weight is 309 g/mol. The Bertz CT molecular complexity index is 739. The number of hydrogen-bond donors (Lipinski definition) is 0. The number of benzene rings is 1. The van der Waals surface area contributed by atoms with Crippen molar-refractivity contribution in [3.8, 4) is 6.07 Å². The van der Waals surface area contributed by atoms with Crippen LogP contribution in [0.15, 0.2) is 24.3 Å². The van der Waals surface area contributed by atoms with Crippen LogP contribution in [0.4, 0.5) is 0 Å². The average Bonchev–Trinajstić information content (AvgIpc) is 3.38. The van der Waals surface area contributed by atoms with Crippen LogP contribution < -0.4 is 0 Å². The van der Waals surface area contributed by atoms with Crippen molar-refractivity contribution < 1.29 is 0 Å². The second-order valence-corrected chi connectivity index (χ2v) is 6.63. The molecular formula is C18H23N5. The Balaban J connectivity index is 1.53. The minimum absolute atomic E-state index is 0.0378. The van der Waals surface area contributed by atoms with Crippen LogP contribution in [0.2, 0.25) is 0 Å². The van der Waals surface area contributed by atoms with Gasteiger partial charge in [0.1, 0.15) is 6.04 Å². The van der Waals surface area contributed by atoms with Crippen LogP contribution in [-0.2, 0) is 13.1 Å². The number of fused-ring (bicyclic) bond motifs is 1. The number of rotatable bonds is 4. The minimum Gasteiger partial charge on any atom is -0.294 e. The van der Waals surface area contributed by atoms with E-state index in [2.05, 4.69) is 51.7 Å². The van der Waals surface area contributed by atoms with Crippen molar-refractivity contribution in [1.29, 1.82) is 5.26 Å². The molecule has 1 aliphatic heterocycles. The highest BCUT2D eigenvalue weighted by atomic mass is 15.3. The summed E-state index contributed by atoms with van der Waals surface area (Å²) in [5.41, 5.74) is 2.34. The lowest BCUT2D eigenvalue weighted by Crippen LogP contribution is -2.52. The number of aromatic nitrogens is 2. The standard InChI is InChI=1S/C18H23N5/c1-2-23-18-6-4-3-5-16(18)17(20-23)13-21-9-10-22(14-7-8-14)15(11-19)12-21/h3-6,14-15H,2,7-10,12-13H2,1H3. The van der Waals surface area contributed by atoms with Gasteiger partial charge in [-0.2, -0.15) is 10.4 Å². The quantitative estimate of drug-likeness (QED) is 0.869. The van der Waals surface area contributed by atoms with Crippen LogP contribution in [0, 0.1) is 11.3 Å². The van der Waals surface area contributed by atoms with Crippen molar-refractivity contribution in [1.82, 2.24) is 19.6 Å². The molecule has 0 amide bonds. The van der Waals surface area contributed by atoms with Crippen molar-refractivity contribution in [2.24, 2.45) is 0 Å². The summed E-state index contributed by atoms with van der Waals surface area (Å²) in [5.74, 6) is 0. The Morgan fingerprint density at radius 1 is 1.26 bits per heavy atom. The maximum absolute atomic E-state index is 9.50. The van der Waals surface area contributed by atoms with Gasteiger partial charge >= 0.3 is 0 Å². The predicted molar refractivity (Wildman–Crippen MR) is 89.8 cm³/mol. The second kappa shape index (κ2) is 5.95. The molecule has 5 nitrogen and oxygen atoms in total. The van der Waals surface area contributed by atoms with Crippen LogP contribution in [-0.4, -0.2) is 51.3 Å². The maximum atomic E-state index is 9.50. The molecule has 5 heteroatoms. The monoisotopic (exact) mass is 309 g/mol. The Morgan fingerprint density at radius 3 is 2.83 bits per heavy atom. The van der Waals surface area contributed by atoms with Gasteiger partial charge in [-0.3, -0.25) is 14.5 Å². The third-order valence-corrected chi connectivity index (χ3v) is 5.08. The molecule has 2 heterocycles. The summed E-state index contributed by atoms with van der Waals surface area (Å²) >= 11 is 0. The molecule has 2 aromatic rings. The van der Waals surface area contributed by atoms with E-state index < -0.39 is 0 Å². The van der Waals surface area contributed by atoms with Gasteiger partial charge in [-0.05, 0) is 25.8 Å². The molecule has 0 radical (unpaired) electrons. The molecule has 1 saturated carbocycles. The van der Waals surface area contributed by atoms with Crippen molar-refractivity contribution in [2.75, 3.05) is 19.6 Å². The zero-order valence-corrected chi connectivity index (χ0v) is 13.6. The van der Waals surface area contributed by atoms with Crippen molar-refractivity contribution >= 4 is 10.9 Å². The molecule has 23 heavy (non-hydrogen) atoms. The minimum atomic E-state index is 0.0378. The molecule has 1 saturated heterocycles. The van der Waals surface area contributed by atoms with Gasteiger partial charge in [0.2, 0.25) is 0 Å². The Hall–Kier alpha value is -1.90.